The van der Waals surface area contributed by atoms with Gasteiger partial charge in [0, 0.05) is 42.5 Å². The van der Waals surface area contributed by atoms with Gasteiger partial charge in [0.1, 0.15) is 10.9 Å². The van der Waals surface area contributed by atoms with Crippen molar-refractivity contribution in [2.24, 2.45) is 0 Å². The largest absolute Gasteiger partial charge is 0.480 e. The summed E-state index contributed by atoms with van der Waals surface area (Å²) >= 11 is 8.36. The maximum Gasteiger partial charge on any atom is 0.323 e. The molecule has 2 atom stereocenters. The average Bonchev–Trinajstić information content (AvgIpc) is 3.90. The lowest BCUT2D eigenvalue weighted by Crippen LogP contribution is -2.33. The van der Waals surface area contributed by atoms with Crippen LogP contribution in [0.25, 0.3) is 38.6 Å². The number of aliphatic carboxylic acids is 1. The monoisotopic (exact) mass is 754 g/mol. The Hall–Kier alpha value is -4.50. The van der Waals surface area contributed by atoms with Gasteiger partial charge in [-0.15, -0.1) is 11.3 Å². The zero-order chi connectivity index (χ0) is 37.4. The lowest BCUT2D eigenvalue weighted by Gasteiger charge is -2.29. The second-order valence-electron chi connectivity index (χ2n) is 15.3. The predicted octanol–water partition coefficient (Wildman–Crippen LogP) is 11.4. The molecule has 1 N–H and O–H groups in total. The number of carbonyl (C=O) groups excluding carboxylic acids is 1. The standard InChI is InChI=1S/C45H42N2O3S3/c1-7-44(5,25-37-41(50)46(26-40(48)49)42(51)52-37)38-21-22-39(53-38)45(6,8-2)27-17-20-36-32(23-27)31-14-10-12-16-35(31)47(36)28-18-19-30-29-13-9-11-15-33(29)43(3,4)34(30)24-28/h9-25H,7-8,26H2,1-6H3,(H,48,49)/b37-25+. The summed E-state index contributed by atoms with van der Waals surface area (Å²) < 4.78 is 2.71. The quantitative estimate of drug-likeness (QED) is 0.118. The Labute approximate surface area is 324 Å². The summed E-state index contributed by atoms with van der Waals surface area (Å²) in [6.45, 7) is 13.1. The molecule has 0 saturated carbocycles. The van der Waals surface area contributed by atoms with E-state index in [1.807, 2.05) is 6.08 Å². The van der Waals surface area contributed by atoms with Crippen molar-refractivity contribution in [2.45, 2.75) is 70.6 Å². The van der Waals surface area contributed by atoms with E-state index in [0.29, 0.717) is 4.91 Å². The normalized spacial score (nSPS) is 18.1. The number of rotatable bonds is 9. The van der Waals surface area contributed by atoms with Crippen LogP contribution in [-0.2, 0) is 25.8 Å². The highest BCUT2D eigenvalue weighted by molar-refractivity contribution is 8.26. The Morgan fingerprint density at radius 2 is 1.53 bits per heavy atom. The SMILES string of the molecule is CCC(C)(/C=C1/SC(=S)N(CC(=O)O)C1=O)c1ccc(C(C)(CC)c2ccc3c(c2)c2ccccc2n3-c2ccc3c(c2)C(C)(C)c2ccccc2-3)s1. The number of fused-ring (bicyclic) bond motifs is 6. The highest BCUT2D eigenvalue weighted by atomic mass is 32.2. The molecule has 1 saturated heterocycles. The Morgan fingerprint density at radius 3 is 2.28 bits per heavy atom. The van der Waals surface area contributed by atoms with Crippen molar-refractivity contribution in [3.63, 3.8) is 0 Å². The lowest BCUT2D eigenvalue weighted by molar-refractivity contribution is -0.140. The number of thiocarbonyl (C=S) groups is 1. The van der Waals surface area contributed by atoms with Crippen molar-refractivity contribution in [1.29, 1.82) is 0 Å². The molecule has 0 radical (unpaired) electrons. The van der Waals surface area contributed by atoms with Gasteiger partial charge in [0.2, 0.25) is 0 Å². The summed E-state index contributed by atoms with van der Waals surface area (Å²) in [5, 5.41) is 11.8. The van der Waals surface area contributed by atoms with Crippen molar-refractivity contribution >= 4 is 73.3 Å². The first kappa shape index (κ1) is 35.5. The number of amides is 1. The number of allylic oxidation sites excluding steroid dienone is 1. The number of aromatic nitrogens is 1. The number of thiophene rings is 1. The van der Waals surface area contributed by atoms with Crippen molar-refractivity contribution in [3.8, 4) is 16.8 Å². The Morgan fingerprint density at radius 1 is 0.830 bits per heavy atom. The first-order valence-corrected chi connectivity index (χ1v) is 20.2. The van der Waals surface area contributed by atoms with Gasteiger partial charge in [0.25, 0.3) is 5.91 Å². The summed E-state index contributed by atoms with van der Waals surface area (Å²) in [4.78, 5) is 28.7. The number of carboxylic acid groups (broad SMARTS) is 1. The van der Waals surface area contributed by atoms with Crippen LogP contribution >= 0.6 is 35.3 Å². The number of carboxylic acids is 1. The van der Waals surface area contributed by atoms with Crippen molar-refractivity contribution in [3.05, 3.63) is 134 Å². The zero-order valence-corrected chi connectivity index (χ0v) is 33.3. The number of para-hydroxylation sites is 1. The number of carbonyl (C=O) groups is 2. The Kier molecular flexibility index (Phi) is 8.59. The Balaban J connectivity index is 1.19. The fourth-order valence-electron chi connectivity index (χ4n) is 8.30. The molecule has 268 valence electrons. The summed E-state index contributed by atoms with van der Waals surface area (Å²) in [7, 11) is 0. The van der Waals surface area contributed by atoms with Gasteiger partial charge >= 0.3 is 5.97 Å². The maximum absolute atomic E-state index is 13.2. The molecule has 1 aliphatic heterocycles. The van der Waals surface area contributed by atoms with Crippen LogP contribution in [0.1, 0.15) is 80.8 Å². The molecule has 6 aromatic rings. The van der Waals surface area contributed by atoms with E-state index >= 15 is 0 Å². The van der Waals surface area contributed by atoms with Gasteiger partial charge < -0.3 is 9.67 Å². The molecule has 1 amide bonds. The third-order valence-electron chi connectivity index (χ3n) is 11.9. The minimum absolute atomic E-state index is 0.0838. The minimum atomic E-state index is -1.08. The molecule has 2 aromatic heterocycles. The van der Waals surface area contributed by atoms with Crippen molar-refractivity contribution < 1.29 is 14.7 Å². The molecule has 4 aromatic carbocycles. The summed E-state index contributed by atoms with van der Waals surface area (Å²) in [6.07, 6.45) is 3.68. The van der Waals surface area contributed by atoms with Crippen LogP contribution in [0.4, 0.5) is 0 Å². The first-order valence-electron chi connectivity index (χ1n) is 18.2. The molecular weight excluding hydrogens is 713 g/mol. The smallest absolute Gasteiger partial charge is 0.323 e. The van der Waals surface area contributed by atoms with E-state index in [0.717, 1.165) is 17.7 Å². The molecule has 3 heterocycles. The van der Waals surface area contributed by atoms with E-state index < -0.39 is 17.9 Å². The van der Waals surface area contributed by atoms with Crippen LogP contribution in [0.5, 0.6) is 0 Å². The number of benzene rings is 4. The zero-order valence-electron chi connectivity index (χ0n) is 30.8. The van der Waals surface area contributed by atoms with E-state index in [4.69, 9.17) is 12.2 Å². The van der Waals surface area contributed by atoms with Crippen LogP contribution in [0.3, 0.4) is 0 Å². The predicted molar refractivity (Wildman–Crippen MR) is 225 cm³/mol. The van der Waals surface area contributed by atoms with Crippen LogP contribution in [0, 0.1) is 0 Å². The van der Waals surface area contributed by atoms with Crippen LogP contribution in [0.15, 0.2) is 108 Å². The number of hydrogen-bond acceptors (Lipinski definition) is 5. The van der Waals surface area contributed by atoms with Crippen LogP contribution in [-0.4, -0.2) is 37.3 Å². The van der Waals surface area contributed by atoms with Gasteiger partial charge in [-0.1, -0.05) is 126 Å². The molecule has 53 heavy (non-hydrogen) atoms. The first-order chi connectivity index (χ1) is 25.3. The van der Waals surface area contributed by atoms with Gasteiger partial charge in [-0.2, -0.15) is 0 Å². The number of hydrogen-bond donors (Lipinski definition) is 1. The molecule has 0 bridgehead atoms. The van der Waals surface area contributed by atoms with E-state index in [1.54, 1.807) is 11.3 Å². The van der Waals surface area contributed by atoms with Crippen LogP contribution in [0.2, 0.25) is 0 Å². The van der Waals surface area contributed by atoms with E-state index in [-0.39, 0.29) is 21.1 Å². The minimum Gasteiger partial charge on any atom is -0.480 e. The van der Waals surface area contributed by atoms with Crippen molar-refractivity contribution in [2.75, 3.05) is 6.54 Å². The second-order valence-corrected chi connectivity index (χ2v) is 18.0. The van der Waals surface area contributed by atoms with Gasteiger partial charge in [-0.3, -0.25) is 14.5 Å². The van der Waals surface area contributed by atoms with Crippen molar-refractivity contribution in [1.82, 2.24) is 9.47 Å². The molecule has 0 spiro atoms. The summed E-state index contributed by atoms with van der Waals surface area (Å²) in [5.41, 5.74) is 9.44. The molecular formula is C45H42N2O3S3. The molecule has 2 unspecified atom stereocenters. The fraction of sp³-hybridized carbons (Fsp3) is 0.267. The van der Waals surface area contributed by atoms with E-state index in [2.05, 4.69) is 143 Å². The molecule has 1 aliphatic carbocycles. The Bertz CT molecular complexity index is 2540. The third kappa shape index (κ3) is 5.52. The fourth-order valence-corrected chi connectivity index (χ4v) is 11.1. The molecule has 1 fully saturated rings. The van der Waals surface area contributed by atoms with E-state index in [9.17, 15) is 14.7 Å². The average molecular weight is 755 g/mol. The molecule has 8 rings (SSSR count). The van der Waals surface area contributed by atoms with Gasteiger partial charge in [-0.05, 0) is 83.1 Å². The van der Waals surface area contributed by atoms with E-state index in [1.165, 1.54) is 76.8 Å². The van der Waals surface area contributed by atoms with Gasteiger partial charge in [-0.25, -0.2) is 0 Å². The third-order valence-corrected chi connectivity index (χ3v) is 14.9. The molecule has 2 aliphatic rings. The lowest BCUT2D eigenvalue weighted by atomic mass is 9.78. The highest BCUT2D eigenvalue weighted by Gasteiger charge is 2.38. The number of thioether (sulfide) groups is 1. The maximum atomic E-state index is 13.2. The highest BCUT2D eigenvalue weighted by Crippen LogP contribution is 2.50. The van der Waals surface area contributed by atoms with Crippen LogP contribution < -0.4 is 0 Å². The molecule has 5 nitrogen and oxygen atoms in total. The van der Waals surface area contributed by atoms with Gasteiger partial charge in [0.05, 0.1) is 15.9 Å². The summed E-state index contributed by atoms with van der Waals surface area (Å²) in [6, 6.07) is 35.9. The molecule has 8 heteroatoms. The second kappa shape index (κ2) is 12.8. The summed E-state index contributed by atoms with van der Waals surface area (Å²) in [5.74, 6) is -1.41. The number of nitrogens with zero attached hydrogens (tertiary/aromatic N) is 2. The topological polar surface area (TPSA) is 62.5 Å². The van der Waals surface area contributed by atoms with Gasteiger partial charge in [0.15, 0.2) is 0 Å².